The van der Waals surface area contributed by atoms with Crippen LogP contribution in [0.4, 0.5) is 10.1 Å². The zero-order valence-electron chi connectivity index (χ0n) is 10.5. The summed E-state index contributed by atoms with van der Waals surface area (Å²) >= 11 is 0. The Kier molecular flexibility index (Phi) is 4.10. The highest BCUT2D eigenvalue weighted by molar-refractivity contribution is 5.94. The monoisotopic (exact) mass is 238 g/mol. The zero-order chi connectivity index (χ0) is 13.1. The van der Waals surface area contributed by atoms with Crippen LogP contribution in [0.25, 0.3) is 0 Å². The van der Waals surface area contributed by atoms with Crippen molar-refractivity contribution in [2.24, 2.45) is 5.41 Å². The van der Waals surface area contributed by atoms with Gasteiger partial charge in [0.05, 0.1) is 5.69 Å². The molecule has 0 unspecified atom stereocenters. The van der Waals surface area contributed by atoms with E-state index in [1.54, 1.807) is 0 Å². The molecule has 1 aromatic carbocycles. The molecule has 1 aromatic rings. The molecule has 0 radical (unpaired) electrons. The first-order valence-electron chi connectivity index (χ1n) is 5.63. The lowest BCUT2D eigenvalue weighted by Gasteiger charge is -2.18. The van der Waals surface area contributed by atoms with E-state index >= 15 is 0 Å². The number of halogens is 1. The summed E-state index contributed by atoms with van der Waals surface area (Å²) in [4.78, 5) is 11.7. The van der Waals surface area contributed by atoms with Gasteiger partial charge < -0.3 is 11.1 Å². The molecule has 0 aliphatic rings. The molecule has 3 nitrogen and oxygen atoms in total. The van der Waals surface area contributed by atoms with E-state index in [0.29, 0.717) is 12.1 Å². The summed E-state index contributed by atoms with van der Waals surface area (Å²) in [6.45, 7) is 6.92. The van der Waals surface area contributed by atoms with Crippen molar-refractivity contribution >= 4 is 11.6 Å². The number of nitrogens with two attached hydrogens (primary N) is 1. The van der Waals surface area contributed by atoms with Gasteiger partial charge in [-0.15, -0.1) is 0 Å². The van der Waals surface area contributed by atoms with Gasteiger partial charge in [-0.25, -0.2) is 4.39 Å². The molecule has 4 heteroatoms. The van der Waals surface area contributed by atoms with Crippen LogP contribution in [0, 0.1) is 11.2 Å². The van der Waals surface area contributed by atoms with Crippen LogP contribution in [-0.2, 0) is 0 Å². The fourth-order valence-corrected chi connectivity index (χ4v) is 1.34. The maximum atomic E-state index is 12.9. The molecule has 0 atom stereocenters. The number of rotatable bonds is 3. The number of hydrogen-bond donors (Lipinski definition) is 2. The molecule has 0 spiro atoms. The number of benzene rings is 1. The Bertz CT molecular complexity index is 410. The normalized spacial score (nSPS) is 11.3. The van der Waals surface area contributed by atoms with Gasteiger partial charge in [0, 0.05) is 12.1 Å². The first kappa shape index (κ1) is 13.5. The molecule has 1 rings (SSSR count). The first-order valence-corrected chi connectivity index (χ1v) is 5.63. The molecule has 3 N–H and O–H groups in total. The maximum Gasteiger partial charge on any atom is 0.251 e. The molecule has 0 aliphatic heterocycles. The number of amides is 1. The van der Waals surface area contributed by atoms with Crippen molar-refractivity contribution in [2.45, 2.75) is 27.2 Å². The van der Waals surface area contributed by atoms with Gasteiger partial charge in [-0.3, -0.25) is 4.79 Å². The first-order chi connectivity index (χ1) is 7.79. The van der Waals surface area contributed by atoms with Gasteiger partial charge in [-0.1, -0.05) is 20.8 Å². The fraction of sp³-hybridized carbons (Fsp3) is 0.462. The van der Waals surface area contributed by atoms with E-state index < -0.39 is 5.82 Å². The summed E-state index contributed by atoms with van der Waals surface area (Å²) in [5.74, 6) is -0.725. The molecular formula is C13H19FN2O. The predicted molar refractivity (Wildman–Crippen MR) is 67.2 cm³/mol. The quantitative estimate of drug-likeness (QED) is 0.795. The second-order valence-corrected chi connectivity index (χ2v) is 5.30. The van der Waals surface area contributed by atoms with Crippen LogP contribution >= 0.6 is 0 Å². The Hall–Kier alpha value is -1.58. The molecule has 0 aliphatic carbocycles. The van der Waals surface area contributed by atoms with Crippen molar-refractivity contribution in [3.63, 3.8) is 0 Å². The molecule has 0 saturated heterocycles. The van der Waals surface area contributed by atoms with Crippen molar-refractivity contribution in [2.75, 3.05) is 12.3 Å². The van der Waals surface area contributed by atoms with Crippen LogP contribution in [0.3, 0.4) is 0 Å². The summed E-state index contributed by atoms with van der Waals surface area (Å²) in [5.41, 5.74) is 5.96. The highest BCUT2D eigenvalue weighted by atomic mass is 19.1. The molecule has 0 heterocycles. The van der Waals surface area contributed by atoms with Gasteiger partial charge in [-0.2, -0.15) is 0 Å². The molecule has 17 heavy (non-hydrogen) atoms. The highest BCUT2D eigenvalue weighted by Gasteiger charge is 2.12. The third-order valence-electron chi connectivity index (χ3n) is 2.42. The largest absolute Gasteiger partial charge is 0.396 e. The molecule has 94 valence electrons. The highest BCUT2D eigenvalue weighted by Crippen LogP contribution is 2.17. The minimum absolute atomic E-state index is 0.00605. The van der Waals surface area contributed by atoms with Gasteiger partial charge in [0.25, 0.3) is 5.91 Å². The molecule has 0 bridgehead atoms. The molecule has 0 saturated carbocycles. The molecular weight excluding hydrogens is 219 g/mol. The van der Waals surface area contributed by atoms with E-state index in [-0.39, 0.29) is 17.0 Å². The maximum absolute atomic E-state index is 12.9. The Morgan fingerprint density at radius 1 is 1.41 bits per heavy atom. The van der Waals surface area contributed by atoms with E-state index in [9.17, 15) is 9.18 Å². The molecule has 0 fully saturated rings. The Labute approximate surface area is 101 Å². The van der Waals surface area contributed by atoms with Crippen molar-refractivity contribution in [3.05, 3.63) is 29.6 Å². The standard InChI is InChI=1S/C13H19FN2O/c1-13(2,3)6-7-16-12(17)9-4-5-10(14)11(15)8-9/h4-5,8H,6-7,15H2,1-3H3,(H,16,17). The minimum Gasteiger partial charge on any atom is -0.396 e. The second kappa shape index (κ2) is 5.17. The fourth-order valence-electron chi connectivity index (χ4n) is 1.34. The smallest absolute Gasteiger partial charge is 0.251 e. The third kappa shape index (κ3) is 4.43. The number of nitrogen functional groups attached to an aromatic ring is 1. The summed E-state index contributed by atoms with van der Waals surface area (Å²) in [7, 11) is 0. The summed E-state index contributed by atoms with van der Waals surface area (Å²) in [6.07, 6.45) is 0.884. The third-order valence-corrected chi connectivity index (χ3v) is 2.42. The van der Waals surface area contributed by atoms with Crippen molar-refractivity contribution < 1.29 is 9.18 Å². The summed E-state index contributed by atoms with van der Waals surface area (Å²) in [6, 6.07) is 3.98. The van der Waals surface area contributed by atoms with Gasteiger partial charge in [0.15, 0.2) is 0 Å². The van der Waals surface area contributed by atoms with Gasteiger partial charge >= 0.3 is 0 Å². The Morgan fingerprint density at radius 2 is 2.06 bits per heavy atom. The average Bonchev–Trinajstić information content (AvgIpc) is 2.20. The van der Waals surface area contributed by atoms with E-state index in [4.69, 9.17) is 5.73 Å². The van der Waals surface area contributed by atoms with Crippen molar-refractivity contribution in [1.29, 1.82) is 0 Å². The lowest BCUT2D eigenvalue weighted by atomic mass is 9.92. The van der Waals surface area contributed by atoms with Crippen LogP contribution in [0.2, 0.25) is 0 Å². The average molecular weight is 238 g/mol. The number of nitrogens with one attached hydrogen (secondary N) is 1. The summed E-state index contributed by atoms with van der Waals surface area (Å²) < 4.78 is 12.9. The molecule has 0 aromatic heterocycles. The lowest BCUT2D eigenvalue weighted by molar-refractivity contribution is 0.0949. The number of carbonyl (C=O) groups excluding carboxylic acids is 1. The predicted octanol–water partition coefficient (Wildman–Crippen LogP) is 2.57. The Balaban J connectivity index is 2.56. The number of carbonyl (C=O) groups is 1. The molecule has 1 amide bonds. The zero-order valence-corrected chi connectivity index (χ0v) is 10.5. The van der Waals surface area contributed by atoms with Crippen molar-refractivity contribution in [1.82, 2.24) is 5.32 Å². The number of anilines is 1. The van der Waals surface area contributed by atoms with E-state index in [2.05, 4.69) is 26.1 Å². The SMILES string of the molecule is CC(C)(C)CCNC(=O)c1ccc(F)c(N)c1. The van der Waals surface area contributed by atoms with Crippen LogP contribution in [0.15, 0.2) is 18.2 Å². The van der Waals surface area contributed by atoms with Gasteiger partial charge in [0.2, 0.25) is 0 Å². The van der Waals surface area contributed by atoms with E-state index in [1.807, 2.05) is 0 Å². The van der Waals surface area contributed by atoms with Crippen LogP contribution < -0.4 is 11.1 Å². The number of hydrogen-bond acceptors (Lipinski definition) is 2. The Morgan fingerprint density at radius 3 is 2.59 bits per heavy atom. The summed E-state index contributed by atoms with van der Waals surface area (Å²) in [5, 5.41) is 2.79. The van der Waals surface area contributed by atoms with Gasteiger partial charge in [0.1, 0.15) is 5.82 Å². The van der Waals surface area contributed by atoms with Crippen LogP contribution in [-0.4, -0.2) is 12.5 Å². The lowest BCUT2D eigenvalue weighted by Crippen LogP contribution is -2.27. The topological polar surface area (TPSA) is 55.1 Å². The van der Waals surface area contributed by atoms with Crippen LogP contribution in [0.5, 0.6) is 0 Å². The van der Waals surface area contributed by atoms with Crippen LogP contribution in [0.1, 0.15) is 37.6 Å². The minimum atomic E-state index is -0.503. The van der Waals surface area contributed by atoms with E-state index in [0.717, 1.165) is 6.42 Å². The second-order valence-electron chi connectivity index (χ2n) is 5.30. The van der Waals surface area contributed by atoms with Gasteiger partial charge in [-0.05, 0) is 30.0 Å². The van der Waals surface area contributed by atoms with E-state index in [1.165, 1.54) is 18.2 Å². The van der Waals surface area contributed by atoms with Crippen molar-refractivity contribution in [3.8, 4) is 0 Å².